The van der Waals surface area contributed by atoms with E-state index in [1.165, 1.54) is 3.97 Å². The maximum Gasteiger partial charge on any atom is 0.268 e. The first-order valence-corrected chi connectivity index (χ1v) is 10.4. The summed E-state index contributed by atoms with van der Waals surface area (Å²) in [7, 11) is 0.222. The van der Waals surface area contributed by atoms with E-state index in [4.69, 9.17) is 4.74 Å². The highest BCUT2D eigenvalue weighted by Gasteiger charge is 2.22. The van der Waals surface area contributed by atoms with Crippen molar-refractivity contribution in [3.8, 4) is 5.75 Å². The molecule has 0 aliphatic rings. The molecular formula is C19H21BrN2O3S. The van der Waals surface area contributed by atoms with E-state index in [2.05, 4.69) is 15.9 Å². The van der Waals surface area contributed by atoms with Crippen LogP contribution in [0.25, 0.3) is 10.9 Å². The summed E-state index contributed by atoms with van der Waals surface area (Å²) in [6.07, 6.45) is 1.56. The van der Waals surface area contributed by atoms with Crippen LogP contribution in [0.15, 0.2) is 58.0 Å². The molecule has 0 spiro atoms. The van der Waals surface area contributed by atoms with Gasteiger partial charge in [0.05, 0.1) is 16.6 Å². The van der Waals surface area contributed by atoms with Crippen molar-refractivity contribution in [3.63, 3.8) is 0 Å². The van der Waals surface area contributed by atoms with Gasteiger partial charge in [0.15, 0.2) is 0 Å². The van der Waals surface area contributed by atoms with Crippen molar-refractivity contribution in [1.82, 2.24) is 8.87 Å². The van der Waals surface area contributed by atoms with Crippen molar-refractivity contribution in [3.05, 3.63) is 58.7 Å². The molecule has 3 aromatic rings. The Hall–Kier alpha value is -1.83. The van der Waals surface area contributed by atoms with Gasteiger partial charge in [0.25, 0.3) is 10.0 Å². The molecule has 5 nitrogen and oxygen atoms in total. The summed E-state index contributed by atoms with van der Waals surface area (Å²) in [5.41, 5.74) is 1.60. The minimum absolute atomic E-state index is 0.253. The van der Waals surface area contributed by atoms with E-state index >= 15 is 0 Å². The van der Waals surface area contributed by atoms with Gasteiger partial charge in [0.2, 0.25) is 0 Å². The number of hydrogen-bond donors (Lipinski definition) is 0. The third kappa shape index (κ3) is 3.79. The molecule has 0 aliphatic heterocycles. The lowest BCUT2D eigenvalue weighted by atomic mass is 10.2. The van der Waals surface area contributed by atoms with Gasteiger partial charge in [-0.25, -0.2) is 12.4 Å². The van der Waals surface area contributed by atoms with Gasteiger partial charge in [-0.1, -0.05) is 33.6 Å². The number of aromatic nitrogens is 1. The molecule has 1 heterocycles. The van der Waals surface area contributed by atoms with Crippen LogP contribution in [0.2, 0.25) is 0 Å². The molecule has 0 saturated heterocycles. The van der Waals surface area contributed by atoms with Gasteiger partial charge >= 0.3 is 0 Å². The number of hydrogen-bond acceptors (Lipinski definition) is 4. The van der Waals surface area contributed by atoms with Gasteiger partial charge in [-0.2, -0.15) is 0 Å². The topological polar surface area (TPSA) is 51.5 Å². The zero-order valence-electron chi connectivity index (χ0n) is 14.9. The molecule has 0 radical (unpaired) electrons. The lowest BCUT2D eigenvalue weighted by molar-refractivity contribution is 0.263. The Morgan fingerprint density at radius 1 is 1.12 bits per heavy atom. The van der Waals surface area contributed by atoms with Crippen LogP contribution in [0.4, 0.5) is 0 Å². The molecule has 2 aromatic carbocycles. The normalized spacial score (nSPS) is 12.0. The highest BCUT2D eigenvalue weighted by Crippen LogP contribution is 2.33. The van der Waals surface area contributed by atoms with E-state index in [-0.39, 0.29) is 4.90 Å². The fourth-order valence-corrected chi connectivity index (χ4v) is 4.34. The largest absolute Gasteiger partial charge is 0.490 e. The van der Waals surface area contributed by atoms with Crippen LogP contribution >= 0.6 is 15.9 Å². The summed E-state index contributed by atoms with van der Waals surface area (Å²) in [6, 6.07) is 12.3. The van der Waals surface area contributed by atoms with E-state index in [1.807, 2.05) is 38.1 Å². The van der Waals surface area contributed by atoms with Gasteiger partial charge in [-0.3, -0.25) is 0 Å². The summed E-state index contributed by atoms with van der Waals surface area (Å²) >= 11 is 3.45. The SMILES string of the molecule is Cc1ccc(S(=O)(=O)n2cc(OCCN(C)C)c3cc(Br)ccc32)cc1. The molecule has 138 valence electrons. The molecule has 1 aromatic heterocycles. The summed E-state index contributed by atoms with van der Waals surface area (Å²) in [5.74, 6) is 0.554. The van der Waals surface area contributed by atoms with Gasteiger partial charge in [-0.15, -0.1) is 0 Å². The van der Waals surface area contributed by atoms with E-state index in [0.29, 0.717) is 17.9 Å². The average molecular weight is 437 g/mol. The molecule has 0 saturated carbocycles. The Bertz CT molecular complexity index is 1020. The Morgan fingerprint density at radius 3 is 2.46 bits per heavy atom. The van der Waals surface area contributed by atoms with Crippen LogP contribution in [0.3, 0.4) is 0 Å². The third-order valence-electron chi connectivity index (χ3n) is 4.07. The summed E-state index contributed by atoms with van der Waals surface area (Å²) < 4.78 is 34.3. The molecule has 7 heteroatoms. The Balaban J connectivity index is 2.09. The van der Waals surface area contributed by atoms with Crippen molar-refractivity contribution in [2.45, 2.75) is 11.8 Å². The molecule has 0 bridgehead atoms. The lowest BCUT2D eigenvalue weighted by Gasteiger charge is -2.10. The quantitative estimate of drug-likeness (QED) is 0.587. The standard InChI is InChI=1S/C19H21BrN2O3S/c1-14-4-7-16(8-5-14)26(23,24)22-13-19(25-11-10-21(2)3)17-12-15(20)6-9-18(17)22/h4-9,12-13H,10-11H2,1-3H3. The van der Waals surface area contributed by atoms with Gasteiger partial charge in [0, 0.05) is 16.4 Å². The zero-order chi connectivity index (χ0) is 18.9. The molecule has 0 fully saturated rings. The van der Waals surface area contributed by atoms with E-state index in [0.717, 1.165) is 22.0 Å². The number of fused-ring (bicyclic) bond motifs is 1. The molecule has 0 N–H and O–H groups in total. The lowest BCUT2D eigenvalue weighted by Crippen LogP contribution is -2.19. The van der Waals surface area contributed by atoms with Crippen molar-refractivity contribution < 1.29 is 13.2 Å². The fraction of sp³-hybridized carbons (Fsp3) is 0.263. The van der Waals surface area contributed by atoms with Crippen LogP contribution in [0.5, 0.6) is 5.75 Å². The van der Waals surface area contributed by atoms with Gasteiger partial charge in [0.1, 0.15) is 12.4 Å². The second kappa shape index (κ2) is 7.42. The van der Waals surface area contributed by atoms with E-state index in [9.17, 15) is 8.42 Å². The van der Waals surface area contributed by atoms with Crippen molar-refractivity contribution in [1.29, 1.82) is 0 Å². The smallest absolute Gasteiger partial charge is 0.268 e. The fourth-order valence-electron chi connectivity index (χ4n) is 2.62. The molecular weight excluding hydrogens is 416 g/mol. The molecule has 26 heavy (non-hydrogen) atoms. The number of benzene rings is 2. The number of nitrogens with zero attached hydrogens (tertiary/aromatic N) is 2. The first-order valence-electron chi connectivity index (χ1n) is 8.19. The number of aryl methyl sites for hydroxylation is 1. The third-order valence-corrected chi connectivity index (χ3v) is 6.25. The maximum absolute atomic E-state index is 13.1. The van der Waals surface area contributed by atoms with Gasteiger partial charge in [-0.05, 0) is 51.4 Å². The molecule has 3 rings (SSSR count). The zero-order valence-corrected chi connectivity index (χ0v) is 17.3. The number of rotatable bonds is 6. The highest BCUT2D eigenvalue weighted by molar-refractivity contribution is 9.10. The number of ether oxygens (including phenoxy) is 1. The first kappa shape index (κ1) is 18.9. The summed E-state index contributed by atoms with van der Waals surface area (Å²) in [4.78, 5) is 2.26. The second-order valence-corrected chi connectivity index (χ2v) is 9.15. The van der Waals surface area contributed by atoms with Crippen molar-refractivity contribution in [2.75, 3.05) is 27.2 Å². The number of likely N-dealkylation sites (N-methyl/N-ethyl adjacent to an activating group) is 1. The minimum atomic E-state index is -3.70. The van der Waals surface area contributed by atoms with E-state index < -0.39 is 10.0 Å². The Morgan fingerprint density at radius 2 is 1.81 bits per heavy atom. The van der Waals surface area contributed by atoms with Crippen LogP contribution in [-0.2, 0) is 10.0 Å². The summed E-state index contributed by atoms with van der Waals surface area (Å²) in [5, 5.41) is 0.758. The first-order chi connectivity index (χ1) is 12.3. The predicted octanol–water partition coefficient (Wildman–Crippen LogP) is 3.89. The van der Waals surface area contributed by atoms with E-state index in [1.54, 1.807) is 36.5 Å². The second-order valence-electron chi connectivity index (χ2n) is 6.42. The van der Waals surface area contributed by atoms with Crippen LogP contribution < -0.4 is 4.74 Å². The van der Waals surface area contributed by atoms with Gasteiger partial charge < -0.3 is 9.64 Å². The van der Waals surface area contributed by atoms with Crippen LogP contribution in [0.1, 0.15) is 5.56 Å². The molecule has 0 unspecified atom stereocenters. The molecule has 0 aliphatic carbocycles. The maximum atomic E-state index is 13.1. The van der Waals surface area contributed by atoms with Crippen molar-refractivity contribution >= 4 is 36.9 Å². The molecule has 0 amide bonds. The molecule has 0 atom stereocenters. The van der Waals surface area contributed by atoms with Crippen LogP contribution in [0, 0.1) is 6.92 Å². The Labute approximate surface area is 162 Å². The monoisotopic (exact) mass is 436 g/mol. The highest BCUT2D eigenvalue weighted by atomic mass is 79.9. The minimum Gasteiger partial charge on any atom is -0.490 e. The average Bonchev–Trinajstić information content (AvgIpc) is 2.94. The number of halogens is 1. The van der Waals surface area contributed by atoms with Crippen LogP contribution in [-0.4, -0.2) is 44.5 Å². The summed E-state index contributed by atoms with van der Waals surface area (Å²) in [6.45, 7) is 3.14. The van der Waals surface area contributed by atoms with Crippen molar-refractivity contribution in [2.24, 2.45) is 0 Å². The predicted molar refractivity (Wildman–Crippen MR) is 107 cm³/mol. The Kier molecular flexibility index (Phi) is 5.41.